The van der Waals surface area contributed by atoms with Crippen molar-refractivity contribution < 1.29 is 4.79 Å². The number of urea groups is 1. The number of rotatable bonds is 5. The number of amides is 2. The minimum absolute atomic E-state index is 0.0633. The average Bonchev–Trinajstić information content (AvgIpc) is 3.38. The number of likely N-dealkylation sites (tertiary alicyclic amines) is 1. The summed E-state index contributed by atoms with van der Waals surface area (Å²) in [6, 6.07) is 24.6. The van der Waals surface area contributed by atoms with Gasteiger partial charge in [-0.15, -0.1) is 0 Å². The largest absolute Gasteiger partial charge is 0.341 e. The van der Waals surface area contributed by atoms with Gasteiger partial charge in [0.1, 0.15) is 0 Å². The number of nitrogens with zero attached hydrogens (tertiary/aromatic N) is 2. The number of aryl methyl sites for hydroxylation is 1. The highest BCUT2D eigenvalue weighted by atomic mass is 16.2. The van der Waals surface area contributed by atoms with Crippen LogP contribution >= 0.6 is 0 Å². The molecule has 4 aromatic rings. The average molecular weight is 481 g/mol. The number of nitrogens with one attached hydrogen (secondary N) is 2. The van der Waals surface area contributed by atoms with Crippen molar-refractivity contribution in [2.24, 2.45) is 0 Å². The highest BCUT2D eigenvalue weighted by Gasteiger charge is 2.45. The first kappa shape index (κ1) is 23.1. The summed E-state index contributed by atoms with van der Waals surface area (Å²) in [5, 5.41) is 8.84. The summed E-state index contributed by atoms with van der Waals surface area (Å²) in [5.41, 5.74) is 6.95. The summed E-state index contributed by atoms with van der Waals surface area (Å²) in [6.45, 7) is 8.95. The molecule has 3 aromatic carbocycles. The van der Waals surface area contributed by atoms with Gasteiger partial charge in [-0.3, -0.25) is 4.90 Å². The molecule has 0 bridgehead atoms. The predicted molar refractivity (Wildman–Crippen MR) is 147 cm³/mol. The molecule has 1 spiro atoms. The maximum atomic E-state index is 12.3. The standard InChI is InChI=1S/C31H36N4O/c1-3-32-30(36)33-27-20-31(26-11-7-5-10-24(26)27)15-17-34(18-16-31)21-22-13-14-29-25(19-22)23-9-6-8-12-28(23)35(29)4-2/h5-14,19,27H,3-4,15-18,20-21H2,1-2H3,(H2,32,33,36). The summed E-state index contributed by atoms with van der Waals surface area (Å²) in [5.74, 6) is 0. The van der Waals surface area contributed by atoms with Crippen LogP contribution in [0.25, 0.3) is 21.8 Å². The number of para-hydroxylation sites is 1. The van der Waals surface area contributed by atoms with E-state index < -0.39 is 0 Å². The minimum atomic E-state index is -0.0633. The molecular weight excluding hydrogens is 444 g/mol. The second-order valence-electron chi connectivity index (χ2n) is 10.5. The molecule has 1 aromatic heterocycles. The van der Waals surface area contributed by atoms with Crippen molar-refractivity contribution in [2.75, 3.05) is 19.6 Å². The van der Waals surface area contributed by atoms with Crippen LogP contribution in [0, 0.1) is 0 Å². The Balaban J connectivity index is 1.19. The lowest BCUT2D eigenvalue weighted by Crippen LogP contribution is -2.42. The molecule has 1 aliphatic carbocycles. The molecule has 1 atom stereocenters. The second-order valence-corrected chi connectivity index (χ2v) is 10.5. The molecule has 1 saturated heterocycles. The summed E-state index contributed by atoms with van der Waals surface area (Å²) in [7, 11) is 0. The predicted octanol–water partition coefficient (Wildman–Crippen LogP) is 6.11. The van der Waals surface area contributed by atoms with E-state index in [0.29, 0.717) is 6.54 Å². The summed E-state index contributed by atoms with van der Waals surface area (Å²) >= 11 is 0. The van der Waals surface area contributed by atoms with Crippen LogP contribution in [0.15, 0.2) is 66.7 Å². The fraction of sp³-hybridized carbons (Fsp3) is 0.387. The Bertz CT molecular complexity index is 1410. The fourth-order valence-corrected chi connectivity index (χ4v) is 6.80. The van der Waals surface area contributed by atoms with Gasteiger partial charge in [-0.25, -0.2) is 4.79 Å². The third kappa shape index (κ3) is 3.86. The van der Waals surface area contributed by atoms with Crippen molar-refractivity contribution in [1.29, 1.82) is 0 Å². The zero-order chi connectivity index (χ0) is 24.7. The Kier molecular flexibility index (Phi) is 5.96. The number of hydrogen-bond donors (Lipinski definition) is 2. The second kappa shape index (κ2) is 9.29. The molecule has 1 aliphatic heterocycles. The molecule has 5 heteroatoms. The lowest BCUT2D eigenvalue weighted by molar-refractivity contribution is 0.147. The molecule has 2 amide bonds. The SMILES string of the molecule is CCNC(=O)NC1CC2(CCN(Cc3ccc4c(c3)c3ccccc3n4CC)CC2)c2ccccc21. The van der Waals surface area contributed by atoms with Crippen LogP contribution in [-0.4, -0.2) is 35.1 Å². The normalized spacial score (nSPS) is 19.1. The summed E-state index contributed by atoms with van der Waals surface area (Å²) in [4.78, 5) is 14.9. The molecule has 0 radical (unpaired) electrons. The minimum Gasteiger partial charge on any atom is -0.341 e. The van der Waals surface area contributed by atoms with Gasteiger partial charge >= 0.3 is 6.03 Å². The number of aromatic nitrogens is 1. The zero-order valence-electron chi connectivity index (χ0n) is 21.4. The van der Waals surface area contributed by atoms with Crippen LogP contribution in [-0.2, 0) is 18.5 Å². The Morgan fingerprint density at radius 1 is 0.944 bits per heavy atom. The fourth-order valence-electron chi connectivity index (χ4n) is 6.80. The lowest BCUT2D eigenvalue weighted by atomic mass is 9.73. The van der Waals surface area contributed by atoms with Gasteiger partial charge in [0.15, 0.2) is 0 Å². The van der Waals surface area contributed by atoms with Gasteiger partial charge in [0, 0.05) is 46.9 Å². The molecule has 186 valence electrons. The van der Waals surface area contributed by atoms with Crippen LogP contribution in [0.5, 0.6) is 0 Å². The van der Waals surface area contributed by atoms with Crippen LogP contribution in [0.1, 0.15) is 55.8 Å². The topological polar surface area (TPSA) is 49.3 Å². The molecule has 6 rings (SSSR count). The Morgan fingerprint density at radius 3 is 2.50 bits per heavy atom. The van der Waals surface area contributed by atoms with E-state index in [1.165, 1.54) is 38.5 Å². The Labute approximate surface area is 213 Å². The van der Waals surface area contributed by atoms with E-state index >= 15 is 0 Å². The van der Waals surface area contributed by atoms with Crippen molar-refractivity contribution in [3.63, 3.8) is 0 Å². The third-order valence-corrected chi connectivity index (χ3v) is 8.52. The van der Waals surface area contributed by atoms with Crippen molar-refractivity contribution in [3.8, 4) is 0 Å². The van der Waals surface area contributed by atoms with Gasteiger partial charge in [0.2, 0.25) is 0 Å². The molecule has 1 unspecified atom stereocenters. The van der Waals surface area contributed by atoms with E-state index in [1.54, 1.807) is 0 Å². The van der Waals surface area contributed by atoms with Crippen LogP contribution < -0.4 is 10.6 Å². The van der Waals surface area contributed by atoms with Crippen molar-refractivity contribution >= 4 is 27.8 Å². The van der Waals surface area contributed by atoms with Gasteiger partial charge in [-0.05, 0) is 81.1 Å². The lowest BCUT2D eigenvalue weighted by Gasteiger charge is -2.40. The highest BCUT2D eigenvalue weighted by molar-refractivity contribution is 6.08. The highest BCUT2D eigenvalue weighted by Crippen LogP contribution is 2.50. The first-order valence-electron chi connectivity index (χ1n) is 13.5. The summed E-state index contributed by atoms with van der Waals surface area (Å²) in [6.07, 6.45) is 3.27. The number of carbonyl (C=O) groups is 1. The Morgan fingerprint density at radius 2 is 1.69 bits per heavy atom. The van der Waals surface area contributed by atoms with E-state index in [1.807, 2.05) is 6.92 Å². The van der Waals surface area contributed by atoms with Crippen molar-refractivity contribution in [3.05, 3.63) is 83.4 Å². The first-order chi connectivity index (χ1) is 17.6. The third-order valence-electron chi connectivity index (χ3n) is 8.52. The summed E-state index contributed by atoms with van der Waals surface area (Å²) < 4.78 is 2.42. The van der Waals surface area contributed by atoms with Gasteiger partial charge in [-0.2, -0.15) is 0 Å². The molecular formula is C31H36N4O. The number of fused-ring (bicyclic) bond motifs is 5. The molecule has 2 aliphatic rings. The maximum absolute atomic E-state index is 12.3. The molecule has 0 saturated carbocycles. The smallest absolute Gasteiger partial charge is 0.315 e. The van der Waals surface area contributed by atoms with Gasteiger partial charge in [-0.1, -0.05) is 48.5 Å². The van der Waals surface area contributed by atoms with Crippen LogP contribution in [0.3, 0.4) is 0 Å². The molecule has 2 N–H and O–H groups in total. The molecule has 36 heavy (non-hydrogen) atoms. The van der Waals surface area contributed by atoms with Gasteiger partial charge in [0.25, 0.3) is 0 Å². The molecule has 5 nitrogen and oxygen atoms in total. The van der Waals surface area contributed by atoms with Crippen LogP contribution in [0.2, 0.25) is 0 Å². The number of hydrogen-bond acceptors (Lipinski definition) is 2. The van der Waals surface area contributed by atoms with E-state index in [4.69, 9.17) is 0 Å². The maximum Gasteiger partial charge on any atom is 0.315 e. The quantitative estimate of drug-likeness (QED) is 0.362. The Hall–Kier alpha value is -3.31. The number of benzene rings is 3. The monoisotopic (exact) mass is 480 g/mol. The van der Waals surface area contributed by atoms with Crippen molar-refractivity contribution in [1.82, 2.24) is 20.1 Å². The van der Waals surface area contributed by atoms with Gasteiger partial charge < -0.3 is 15.2 Å². The molecule has 2 heterocycles. The van der Waals surface area contributed by atoms with Crippen molar-refractivity contribution in [2.45, 2.75) is 57.7 Å². The van der Waals surface area contributed by atoms with Gasteiger partial charge in [0.05, 0.1) is 6.04 Å². The van der Waals surface area contributed by atoms with E-state index in [9.17, 15) is 4.79 Å². The van der Waals surface area contributed by atoms with E-state index in [-0.39, 0.29) is 17.5 Å². The zero-order valence-corrected chi connectivity index (χ0v) is 21.4. The van der Waals surface area contributed by atoms with E-state index in [0.717, 1.165) is 45.4 Å². The number of piperidine rings is 1. The van der Waals surface area contributed by atoms with E-state index in [2.05, 4.69) is 93.8 Å². The number of carbonyl (C=O) groups excluding carboxylic acids is 1. The first-order valence-corrected chi connectivity index (χ1v) is 13.5. The molecule has 1 fully saturated rings. The van der Waals surface area contributed by atoms with Crippen LogP contribution in [0.4, 0.5) is 4.79 Å².